The van der Waals surface area contributed by atoms with Crippen molar-refractivity contribution in [2.24, 2.45) is 58.0 Å². The van der Waals surface area contributed by atoms with Gasteiger partial charge >= 0.3 is 5.97 Å². The van der Waals surface area contributed by atoms with Crippen LogP contribution in [0.5, 0.6) is 0 Å². The molecule has 0 aromatic rings. The Labute approximate surface area is 224 Å². The summed E-state index contributed by atoms with van der Waals surface area (Å²) in [5.41, 5.74) is 6.56. The van der Waals surface area contributed by atoms with Crippen LogP contribution in [0.15, 0.2) is 0 Å². The van der Waals surface area contributed by atoms with E-state index in [1.807, 2.05) is 0 Å². The highest BCUT2D eigenvalue weighted by molar-refractivity contribution is 5.72. The van der Waals surface area contributed by atoms with Crippen LogP contribution in [0.25, 0.3) is 0 Å². The van der Waals surface area contributed by atoms with Crippen LogP contribution in [0.1, 0.15) is 98.3 Å². The minimum atomic E-state index is -0.892. The van der Waals surface area contributed by atoms with E-state index in [0.29, 0.717) is 47.8 Å². The molecule has 6 nitrogen and oxygen atoms in total. The predicted octanol–water partition coefficient (Wildman–Crippen LogP) is 4.77. The Morgan fingerprint density at radius 3 is 2.57 bits per heavy atom. The first-order valence-electron chi connectivity index (χ1n) is 15.7. The zero-order chi connectivity index (χ0) is 26.2. The number of aliphatic carboxylic acids is 1. The van der Waals surface area contributed by atoms with E-state index in [4.69, 9.17) is 15.6 Å². The summed E-state index contributed by atoms with van der Waals surface area (Å²) in [6, 6.07) is -0.232. The number of carboxylic acids is 1. The van der Waals surface area contributed by atoms with Crippen LogP contribution >= 0.6 is 0 Å². The topological polar surface area (TPSA) is 96.6 Å². The molecule has 37 heavy (non-hydrogen) atoms. The molecule has 6 rings (SSSR count). The third-order valence-electron chi connectivity index (χ3n) is 13.4. The number of hydrogen-bond donors (Lipinski definition) is 4. The minimum Gasteiger partial charge on any atom is -0.480 e. The van der Waals surface area contributed by atoms with Gasteiger partial charge in [-0.1, -0.05) is 27.7 Å². The largest absolute Gasteiger partial charge is 0.480 e. The van der Waals surface area contributed by atoms with Gasteiger partial charge in [0.1, 0.15) is 11.8 Å². The summed E-state index contributed by atoms with van der Waals surface area (Å²) in [4.78, 5) is 11.1. The van der Waals surface area contributed by atoms with Crippen molar-refractivity contribution in [1.82, 2.24) is 10.6 Å². The van der Waals surface area contributed by atoms with Gasteiger partial charge in [-0.2, -0.15) is 0 Å². The van der Waals surface area contributed by atoms with E-state index in [1.54, 1.807) is 0 Å². The van der Waals surface area contributed by atoms with E-state index in [0.717, 1.165) is 36.1 Å². The summed E-state index contributed by atoms with van der Waals surface area (Å²) < 4.78 is 7.06. The molecule has 2 heterocycles. The highest BCUT2D eigenvalue weighted by atomic mass is 16.5. The minimum absolute atomic E-state index is 0.0594. The van der Waals surface area contributed by atoms with Gasteiger partial charge in [-0.3, -0.25) is 10.1 Å². The van der Waals surface area contributed by atoms with Crippen molar-refractivity contribution < 1.29 is 14.6 Å². The average Bonchev–Trinajstić information content (AvgIpc) is 3.31. The number of nitrogens with two attached hydrogens (primary N) is 1. The highest BCUT2D eigenvalue weighted by Crippen LogP contribution is 2.71. The maximum Gasteiger partial charge on any atom is 0.320 e. The Kier molecular flexibility index (Phi) is 6.78. The Hall–Kier alpha value is -0.690. The molecule has 0 aromatic carbocycles. The molecule has 2 aliphatic heterocycles. The predicted molar refractivity (Wildman–Crippen MR) is 146 cm³/mol. The second-order valence-electron chi connectivity index (χ2n) is 15.0. The first-order chi connectivity index (χ1) is 17.6. The van der Waals surface area contributed by atoms with E-state index in [9.17, 15) is 4.79 Å². The SMILES string of the molecule is C[C@H]1CC[C@]2(NC1)O[C@H]1CC3[C@@H]4CCC5CC(NCC[C@@H](N)C(=O)O)CC[C@]5(C)C4CC[C@]3(C)[C@H]1[C@@H]2C. The fraction of sp³-hybridized carbons (Fsp3) is 0.968. The van der Waals surface area contributed by atoms with E-state index in [2.05, 4.69) is 38.3 Å². The summed E-state index contributed by atoms with van der Waals surface area (Å²) in [5, 5.41) is 16.6. The van der Waals surface area contributed by atoms with Crippen molar-refractivity contribution >= 4 is 5.97 Å². The summed E-state index contributed by atoms with van der Waals surface area (Å²) in [7, 11) is 0. The lowest BCUT2D eigenvalue weighted by Crippen LogP contribution is -2.58. The van der Waals surface area contributed by atoms with Crippen molar-refractivity contribution in [3.05, 3.63) is 0 Å². The molecule has 4 unspecified atom stereocenters. The molecule has 0 radical (unpaired) electrons. The van der Waals surface area contributed by atoms with Gasteiger partial charge in [-0.05, 0) is 124 Å². The van der Waals surface area contributed by atoms with Crippen LogP contribution in [0, 0.1) is 52.3 Å². The first-order valence-corrected chi connectivity index (χ1v) is 15.7. The van der Waals surface area contributed by atoms with E-state index >= 15 is 0 Å². The number of rotatable bonds is 5. The van der Waals surface area contributed by atoms with Gasteiger partial charge in [0.2, 0.25) is 0 Å². The maximum atomic E-state index is 11.1. The van der Waals surface area contributed by atoms with Crippen molar-refractivity contribution in [3.63, 3.8) is 0 Å². The molecule has 1 spiro atoms. The summed E-state index contributed by atoms with van der Waals surface area (Å²) in [5.74, 6) is 4.55. The standard InChI is InChI=1S/C31H53N3O3/c1-18-7-13-31(34-17-18)19(2)27-26(37-31)16-24-22-6-5-20-15-21(33-14-10-25(32)28(35)36)8-11-29(20,3)23(22)9-12-30(24,27)4/h18-27,33-34H,5-17,32H2,1-4H3,(H,35,36)/t18-,19-,20?,21?,22+,23?,24?,25+,26-,27-,29-,30-,31-/m0/s1. The van der Waals surface area contributed by atoms with Crippen LogP contribution in [0.4, 0.5) is 0 Å². The van der Waals surface area contributed by atoms with Crippen LogP contribution in [0.3, 0.4) is 0 Å². The molecule has 0 bridgehead atoms. The van der Waals surface area contributed by atoms with Gasteiger partial charge in [0.05, 0.1) is 6.10 Å². The number of piperidine rings is 1. The number of fused-ring (bicyclic) bond motifs is 7. The zero-order valence-corrected chi connectivity index (χ0v) is 23.8. The third kappa shape index (κ3) is 4.14. The Balaban J connectivity index is 1.12. The summed E-state index contributed by atoms with van der Waals surface area (Å²) in [6.07, 6.45) is 14.1. The molecule has 13 atom stereocenters. The van der Waals surface area contributed by atoms with Gasteiger partial charge in [-0.25, -0.2) is 0 Å². The number of carboxylic acid groups (broad SMARTS) is 1. The van der Waals surface area contributed by atoms with Gasteiger partial charge < -0.3 is 20.9 Å². The molecule has 6 fully saturated rings. The van der Waals surface area contributed by atoms with E-state index < -0.39 is 12.0 Å². The monoisotopic (exact) mass is 515 g/mol. The normalized spacial score (nSPS) is 53.7. The first kappa shape index (κ1) is 26.5. The third-order valence-corrected chi connectivity index (χ3v) is 13.4. The molecular weight excluding hydrogens is 462 g/mol. The Morgan fingerprint density at radius 2 is 1.84 bits per heavy atom. The van der Waals surface area contributed by atoms with Gasteiger partial charge in [0.25, 0.3) is 0 Å². The van der Waals surface area contributed by atoms with E-state index in [-0.39, 0.29) is 5.72 Å². The lowest BCUT2D eigenvalue weighted by Gasteiger charge is -2.61. The fourth-order valence-electron chi connectivity index (χ4n) is 11.2. The molecule has 6 heteroatoms. The number of carbonyl (C=O) groups is 1. The summed E-state index contributed by atoms with van der Waals surface area (Å²) >= 11 is 0. The molecule has 5 N–H and O–H groups in total. The molecule has 6 aliphatic rings. The van der Waals surface area contributed by atoms with Crippen LogP contribution in [-0.4, -0.2) is 48.1 Å². The molecule has 0 aromatic heterocycles. The number of ether oxygens (including phenoxy) is 1. The molecule has 2 saturated heterocycles. The smallest absolute Gasteiger partial charge is 0.320 e. The van der Waals surface area contributed by atoms with Gasteiger partial charge in [0, 0.05) is 18.5 Å². The lowest BCUT2D eigenvalue weighted by molar-refractivity contribution is -0.138. The zero-order valence-electron chi connectivity index (χ0n) is 23.8. The van der Waals surface area contributed by atoms with Crippen LogP contribution in [-0.2, 0) is 9.53 Å². The molecule has 210 valence electrons. The van der Waals surface area contributed by atoms with Gasteiger partial charge in [-0.15, -0.1) is 0 Å². The van der Waals surface area contributed by atoms with Gasteiger partial charge in [0.15, 0.2) is 0 Å². The lowest BCUT2D eigenvalue weighted by atomic mass is 9.44. The molecule has 4 saturated carbocycles. The molecular formula is C31H53N3O3. The molecule has 4 aliphatic carbocycles. The number of hydrogen-bond acceptors (Lipinski definition) is 5. The maximum absolute atomic E-state index is 11.1. The second-order valence-corrected chi connectivity index (χ2v) is 15.0. The van der Waals surface area contributed by atoms with Crippen molar-refractivity contribution in [1.29, 1.82) is 0 Å². The Bertz CT molecular complexity index is 874. The highest BCUT2D eigenvalue weighted by Gasteiger charge is 2.68. The number of nitrogens with one attached hydrogen (secondary N) is 2. The van der Waals surface area contributed by atoms with Crippen molar-refractivity contribution in [2.45, 2.75) is 122 Å². The van der Waals surface area contributed by atoms with Crippen molar-refractivity contribution in [2.75, 3.05) is 13.1 Å². The fourth-order valence-corrected chi connectivity index (χ4v) is 11.2. The van der Waals surface area contributed by atoms with Crippen LogP contribution in [0.2, 0.25) is 0 Å². The van der Waals surface area contributed by atoms with E-state index in [1.165, 1.54) is 64.2 Å². The van der Waals surface area contributed by atoms with Crippen LogP contribution < -0.4 is 16.4 Å². The average molecular weight is 516 g/mol. The molecule has 0 amide bonds. The summed E-state index contributed by atoms with van der Waals surface area (Å²) in [6.45, 7) is 12.0. The Morgan fingerprint density at radius 1 is 1.05 bits per heavy atom. The van der Waals surface area contributed by atoms with Crippen molar-refractivity contribution in [3.8, 4) is 0 Å². The quantitative estimate of drug-likeness (QED) is 0.421. The second kappa shape index (κ2) is 9.45.